The SMILES string of the molecule is N#CN(Cn1ccnc1)S(=O)(=O)c1ccccc1-c1ccccc1. The number of imidazole rings is 1. The molecule has 1 aromatic heterocycles. The number of aromatic nitrogens is 2. The molecular formula is C17H14N4O2S. The molecule has 0 amide bonds. The molecule has 6 nitrogen and oxygen atoms in total. The third-order valence-electron chi connectivity index (χ3n) is 3.50. The van der Waals surface area contributed by atoms with Crippen LogP contribution in [0.15, 0.2) is 78.2 Å². The Morgan fingerprint density at radius 2 is 1.79 bits per heavy atom. The number of nitriles is 1. The van der Waals surface area contributed by atoms with Gasteiger partial charge in [-0.3, -0.25) is 0 Å². The maximum atomic E-state index is 13.0. The number of hydrogen-bond acceptors (Lipinski definition) is 4. The lowest BCUT2D eigenvalue weighted by atomic mass is 10.1. The van der Waals surface area contributed by atoms with Crippen LogP contribution in [0.5, 0.6) is 0 Å². The van der Waals surface area contributed by atoms with Crippen molar-refractivity contribution < 1.29 is 8.42 Å². The standard InChI is InChI=1S/C17H14N4O2S/c18-12-21(14-20-11-10-19-13-20)24(22,23)17-9-5-4-8-16(17)15-6-2-1-3-7-15/h1-11,13H,14H2. The molecule has 2 aromatic carbocycles. The summed E-state index contributed by atoms with van der Waals surface area (Å²) >= 11 is 0. The van der Waals surface area contributed by atoms with Crippen molar-refractivity contribution in [2.75, 3.05) is 0 Å². The van der Waals surface area contributed by atoms with Crippen LogP contribution < -0.4 is 0 Å². The van der Waals surface area contributed by atoms with Gasteiger partial charge >= 0.3 is 0 Å². The minimum atomic E-state index is -3.98. The van der Waals surface area contributed by atoms with Crippen LogP contribution in [0.2, 0.25) is 0 Å². The first kappa shape index (κ1) is 15.8. The zero-order valence-corrected chi connectivity index (χ0v) is 13.5. The fourth-order valence-corrected chi connectivity index (χ4v) is 3.69. The molecule has 0 aliphatic rings. The maximum Gasteiger partial charge on any atom is 0.274 e. The Kier molecular flexibility index (Phi) is 4.31. The first-order valence-corrected chi connectivity index (χ1v) is 8.59. The summed E-state index contributed by atoms with van der Waals surface area (Å²) in [5.74, 6) is 0. The molecule has 0 saturated carbocycles. The van der Waals surface area contributed by atoms with Gasteiger partial charge in [0.2, 0.25) is 0 Å². The zero-order chi connectivity index (χ0) is 17.0. The van der Waals surface area contributed by atoms with E-state index in [-0.39, 0.29) is 11.6 Å². The highest BCUT2D eigenvalue weighted by Crippen LogP contribution is 2.29. The van der Waals surface area contributed by atoms with Crippen LogP contribution in [0, 0.1) is 11.5 Å². The van der Waals surface area contributed by atoms with E-state index in [1.165, 1.54) is 23.2 Å². The van der Waals surface area contributed by atoms with Crippen LogP contribution >= 0.6 is 0 Å². The van der Waals surface area contributed by atoms with Crippen LogP contribution in [0.4, 0.5) is 0 Å². The Morgan fingerprint density at radius 3 is 2.46 bits per heavy atom. The Hall–Kier alpha value is -3.11. The fourth-order valence-electron chi connectivity index (χ4n) is 2.35. The van der Waals surface area contributed by atoms with Gasteiger partial charge in [-0.2, -0.15) is 9.57 Å². The summed E-state index contributed by atoms with van der Waals surface area (Å²) in [4.78, 5) is 3.96. The second-order valence-electron chi connectivity index (χ2n) is 5.03. The van der Waals surface area contributed by atoms with E-state index in [2.05, 4.69) is 4.98 Å². The molecule has 0 atom stereocenters. The van der Waals surface area contributed by atoms with Crippen molar-refractivity contribution in [1.29, 1.82) is 5.26 Å². The van der Waals surface area contributed by atoms with Crippen LogP contribution in [-0.2, 0) is 16.7 Å². The number of nitrogens with zero attached hydrogens (tertiary/aromatic N) is 4. The summed E-state index contributed by atoms with van der Waals surface area (Å²) in [6.07, 6.45) is 6.34. The van der Waals surface area contributed by atoms with Crippen molar-refractivity contribution in [3.05, 3.63) is 73.3 Å². The Bertz CT molecular complexity index is 961. The summed E-state index contributed by atoms with van der Waals surface area (Å²) in [5.41, 5.74) is 1.33. The molecule has 0 unspecified atom stereocenters. The van der Waals surface area contributed by atoms with E-state index in [9.17, 15) is 13.7 Å². The molecular weight excluding hydrogens is 324 g/mol. The molecule has 0 bridgehead atoms. The van der Waals surface area contributed by atoms with E-state index in [0.717, 1.165) is 9.87 Å². The Balaban J connectivity index is 2.06. The van der Waals surface area contributed by atoms with Gasteiger partial charge in [0.15, 0.2) is 6.19 Å². The smallest absolute Gasteiger partial charge is 0.274 e. The molecule has 0 radical (unpaired) electrons. The molecule has 24 heavy (non-hydrogen) atoms. The van der Waals surface area contributed by atoms with Gasteiger partial charge in [0.1, 0.15) is 6.67 Å². The van der Waals surface area contributed by atoms with Crippen LogP contribution in [0.1, 0.15) is 0 Å². The third-order valence-corrected chi connectivity index (χ3v) is 5.19. The van der Waals surface area contributed by atoms with E-state index in [4.69, 9.17) is 0 Å². The highest BCUT2D eigenvalue weighted by molar-refractivity contribution is 7.89. The second-order valence-corrected chi connectivity index (χ2v) is 6.86. The molecule has 0 aliphatic heterocycles. The summed E-state index contributed by atoms with van der Waals surface area (Å²) < 4.78 is 28.2. The first-order chi connectivity index (χ1) is 11.6. The average Bonchev–Trinajstić information content (AvgIpc) is 3.13. The third kappa shape index (κ3) is 3.00. The molecule has 0 saturated heterocycles. The van der Waals surface area contributed by atoms with Crippen LogP contribution in [-0.4, -0.2) is 22.3 Å². The number of hydrogen-bond donors (Lipinski definition) is 0. The van der Waals surface area contributed by atoms with Gasteiger partial charge in [0.05, 0.1) is 11.2 Å². The molecule has 120 valence electrons. The topological polar surface area (TPSA) is 79.0 Å². The van der Waals surface area contributed by atoms with Gasteiger partial charge in [-0.05, 0) is 11.6 Å². The van der Waals surface area contributed by atoms with Crippen molar-refractivity contribution in [2.24, 2.45) is 0 Å². The van der Waals surface area contributed by atoms with Crippen molar-refractivity contribution in [3.63, 3.8) is 0 Å². The molecule has 1 heterocycles. The molecule has 0 spiro atoms. The Labute approximate surface area is 140 Å². The van der Waals surface area contributed by atoms with E-state index in [1.807, 2.05) is 30.3 Å². The van der Waals surface area contributed by atoms with Crippen LogP contribution in [0.25, 0.3) is 11.1 Å². The normalized spacial score (nSPS) is 11.0. The first-order valence-electron chi connectivity index (χ1n) is 7.15. The largest absolute Gasteiger partial charge is 0.317 e. The number of benzene rings is 2. The highest BCUT2D eigenvalue weighted by Gasteiger charge is 2.26. The molecule has 0 N–H and O–H groups in total. The lowest BCUT2D eigenvalue weighted by molar-refractivity contribution is 0.440. The second kappa shape index (κ2) is 6.56. The monoisotopic (exact) mass is 338 g/mol. The van der Waals surface area contributed by atoms with Gasteiger partial charge in [-0.15, -0.1) is 0 Å². The minimum Gasteiger partial charge on any atom is -0.317 e. The van der Waals surface area contributed by atoms with Crippen molar-refractivity contribution in [1.82, 2.24) is 13.9 Å². The highest BCUT2D eigenvalue weighted by atomic mass is 32.2. The summed E-state index contributed by atoms with van der Waals surface area (Å²) in [5, 5.41) is 9.35. The van der Waals surface area contributed by atoms with Crippen molar-refractivity contribution in [2.45, 2.75) is 11.6 Å². The average molecular weight is 338 g/mol. The molecule has 3 aromatic rings. The van der Waals surface area contributed by atoms with E-state index >= 15 is 0 Å². The van der Waals surface area contributed by atoms with Crippen molar-refractivity contribution in [3.8, 4) is 17.3 Å². The van der Waals surface area contributed by atoms with Gasteiger partial charge in [0.25, 0.3) is 10.0 Å². The molecule has 0 fully saturated rings. The zero-order valence-electron chi connectivity index (χ0n) is 12.6. The predicted molar refractivity (Wildman–Crippen MR) is 88.7 cm³/mol. The van der Waals surface area contributed by atoms with Crippen LogP contribution in [0.3, 0.4) is 0 Å². The summed E-state index contributed by atoms with van der Waals surface area (Å²) in [7, 11) is -3.98. The van der Waals surface area contributed by atoms with Gasteiger partial charge in [-0.25, -0.2) is 13.4 Å². The van der Waals surface area contributed by atoms with Gasteiger partial charge in [0, 0.05) is 18.0 Å². The number of sulfonamides is 1. The quantitative estimate of drug-likeness (QED) is 0.529. The van der Waals surface area contributed by atoms with E-state index < -0.39 is 10.0 Å². The Morgan fingerprint density at radius 1 is 1.08 bits per heavy atom. The van der Waals surface area contributed by atoms with E-state index in [1.54, 1.807) is 30.6 Å². The summed E-state index contributed by atoms with van der Waals surface area (Å²) in [6, 6.07) is 15.9. The molecule has 3 rings (SSSR count). The predicted octanol–water partition coefficient (Wildman–Crippen LogP) is 2.68. The van der Waals surface area contributed by atoms with Crippen molar-refractivity contribution >= 4 is 10.0 Å². The minimum absolute atomic E-state index is 0.0952. The molecule has 0 aliphatic carbocycles. The van der Waals surface area contributed by atoms with E-state index in [0.29, 0.717) is 5.56 Å². The lowest BCUT2D eigenvalue weighted by Crippen LogP contribution is -2.28. The summed E-state index contributed by atoms with van der Waals surface area (Å²) in [6.45, 7) is -0.123. The molecule has 7 heteroatoms. The maximum absolute atomic E-state index is 13.0. The fraction of sp³-hybridized carbons (Fsp3) is 0.0588. The number of rotatable bonds is 5. The van der Waals surface area contributed by atoms with Gasteiger partial charge < -0.3 is 4.57 Å². The van der Waals surface area contributed by atoms with Gasteiger partial charge in [-0.1, -0.05) is 48.5 Å². The lowest BCUT2D eigenvalue weighted by Gasteiger charge is -2.18.